The highest BCUT2D eigenvalue weighted by atomic mass is 16.6. The van der Waals surface area contributed by atoms with Crippen LogP contribution in [0.25, 0.3) is 0 Å². The van der Waals surface area contributed by atoms with Gasteiger partial charge in [-0.15, -0.1) is 0 Å². The molecule has 0 saturated carbocycles. The number of benzene rings is 1. The molecule has 0 unspecified atom stereocenters. The minimum atomic E-state index is -0.757. The number of aliphatic carboxylic acids is 1. The van der Waals surface area contributed by atoms with Gasteiger partial charge < -0.3 is 14.6 Å². The molecule has 0 aliphatic carbocycles. The van der Waals surface area contributed by atoms with E-state index in [2.05, 4.69) is 6.58 Å². The molecule has 0 heterocycles. The van der Waals surface area contributed by atoms with Crippen LogP contribution >= 0.6 is 0 Å². The Labute approximate surface area is 125 Å². The highest BCUT2D eigenvalue weighted by Gasteiger charge is 2.18. The highest BCUT2D eigenvalue weighted by molar-refractivity contribution is 5.81. The third-order valence-corrected chi connectivity index (χ3v) is 2.15. The first kappa shape index (κ1) is 18.7. The molecule has 0 bridgehead atoms. The molecule has 0 saturated heterocycles. The average Bonchev–Trinajstić information content (AvgIpc) is 2.44. The Kier molecular flexibility index (Phi) is 8.53. The molecule has 0 aliphatic heterocycles. The summed E-state index contributed by atoms with van der Waals surface area (Å²) in [5.41, 5.74) is -0.583. The van der Waals surface area contributed by atoms with E-state index in [0.717, 1.165) is 11.8 Å². The van der Waals surface area contributed by atoms with Gasteiger partial charge in [-0.3, -0.25) is 4.79 Å². The van der Waals surface area contributed by atoms with Gasteiger partial charge >= 0.3 is 11.9 Å². The fraction of sp³-hybridized carbons (Fsp3) is 0.375. The van der Waals surface area contributed by atoms with Gasteiger partial charge in [-0.25, -0.2) is 4.79 Å². The van der Waals surface area contributed by atoms with Gasteiger partial charge in [-0.1, -0.05) is 24.8 Å². The maximum absolute atomic E-state index is 10.6. The molecule has 1 aromatic carbocycles. The van der Waals surface area contributed by atoms with E-state index >= 15 is 0 Å². The summed E-state index contributed by atoms with van der Waals surface area (Å²) in [6, 6.07) is 9.35. The zero-order valence-corrected chi connectivity index (χ0v) is 12.7. The fourth-order valence-electron chi connectivity index (χ4n) is 0.877. The molecule has 5 heteroatoms. The Morgan fingerprint density at radius 1 is 1.19 bits per heavy atom. The first-order valence-corrected chi connectivity index (χ1v) is 6.48. The van der Waals surface area contributed by atoms with Crippen molar-refractivity contribution in [2.45, 2.75) is 20.8 Å². The maximum Gasteiger partial charge on any atom is 0.330 e. The van der Waals surface area contributed by atoms with Gasteiger partial charge in [0.05, 0.1) is 5.41 Å². The van der Waals surface area contributed by atoms with Crippen molar-refractivity contribution in [3.63, 3.8) is 0 Å². The minimum Gasteiger partial charge on any atom is -0.490 e. The van der Waals surface area contributed by atoms with Crippen LogP contribution in [0.15, 0.2) is 43.0 Å². The molecular weight excluding hydrogens is 272 g/mol. The van der Waals surface area contributed by atoms with Crippen LogP contribution in [0.1, 0.15) is 20.8 Å². The largest absolute Gasteiger partial charge is 0.490 e. The van der Waals surface area contributed by atoms with E-state index in [1.165, 1.54) is 0 Å². The number of hydrogen-bond donors (Lipinski definition) is 1. The van der Waals surface area contributed by atoms with Gasteiger partial charge in [-0.2, -0.15) is 0 Å². The minimum absolute atomic E-state index is 0.236. The van der Waals surface area contributed by atoms with Gasteiger partial charge in [0.15, 0.2) is 0 Å². The monoisotopic (exact) mass is 294 g/mol. The number of rotatable bonds is 5. The van der Waals surface area contributed by atoms with Gasteiger partial charge in [0, 0.05) is 6.08 Å². The molecule has 1 N–H and O–H groups in total. The van der Waals surface area contributed by atoms with Crippen molar-refractivity contribution < 1.29 is 24.2 Å². The molecule has 0 fully saturated rings. The number of carboxylic acid groups (broad SMARTS) is 1. The second-order valence-electron chi connectivity index (χ2n) is 5.09. The van der Waals surface area contributed by atoms with E-state index in [1.807, 2.05) is 30.3 Å². The van der Waals surface area contributed by atoms with E-state index in [1.54, 1.807) is 20.8 Å². The number of carbonyl (C=O) groups excluding carboxylic acids is 1. The summed E-state index contributed by atoms with van der Waals surface area (Å²) < 4.78 is 10.0. The molecule has 0 spiro atoms. The van der Waals surface area contributed by atoms with Crippen molar-refractivity contribution in [2.75, 3.05) is 13.2 Å². The molecular formula is C16H22O5. The van der Waals surface area contributed by atoms with E-state index in [-0.39, 0.29) is 6.61 Å². The third-order valence-electron chi connectivity index (χ3n) is 2.15. The van der Waals surface area contributed by atoms with Gasteiger partial charge in [-0.05, 0) is 32.9 Å². The lowest BCUT2D eigenvalue weighted by atomic mass is 9.98. The van der Waals surface area contributed by atoms with Crippen LogP contribution in [0.3, 0.4) is 0 Å². The summed E-state index contributed by atoms with van der Waals surface area (Å²) in [5.74, 6) is -0.420. The number of para-hydroxylation sites is 1. The van der Waals surface area contributed by atoms with Gasteiger partial charge in [0.25, 0.3) is 0 Å². The van der Waals surface area contributed by atoms with Crippen LogP contribution < -0.4 is 4.74 Å². The summed E-state index contributed by atoms with van der Waals surface area (Å²) in [6.07, 6.45) is 1.13. The molecule has 0 radical (unpaired) electrons. The van der Waals surface area contributed by atoms with Crippen molar-refractivity contribution in [1.29, 1.82) is 0 Å². The molecule has 0 aromatic heterocycles. The van der Waals surface area contributed by atoms with E-state index in [9.17, 15) is 9.59 Å². The predicted octanol–water partition coefficient (Wildman–Crippen LogP) is 2.91. The number of hydrogen-bond acceptors (Lipinski definition) is 4. The van der Waals surface area contributed by atoms with Crippen molar-refractivity contribution in [2.24, 2.45) is 5.41 Å². The normalized spacial score (nSPS) is 9.86. The predicted molar refractivity (Wildman–Crippen MR) is 80.2 cm³/mol. The second kappa shape index (κ2) is 9.58. The van der Waals surface area contributed by atoms with Crippen LogP contribution in [-0.2, 0) is 14.3 Å². The lowest BCUT2D eigenvalue weighted by Gasteiger charge is -2.08. The highest BCUT2D eigenvalue weighted by Crippen LogP contribution is 2.11. The first-order valence-electron chi connectivity index (χ1n) is 6.48. The Balaban J connectivity index is 0.000000486. The van der Waals surface area contributed by atoms with Crippen LogP contribution in [0, 0.1) is 5.41 Å². The van der Waals surface area contributed by atoms with E-state index in [0.29, 0.717) is 6.61 Å². The molecule has 116 valence electrons. The van der Waals surface area contributed by atoms with Crippen molar-refractivity contribution in [3.05, 3.63) is 43.0 Å². The first-order chi connectivity index (χ1) is 9.77. The number of esters is 1. The maximum atomic E-state index is 10.6. The molecule has 1 rings (SSSR count). The number of carboxylic acids is 1. The summed E-state index contributed by atoms with van der Waals surface area (Å²) in [7, 11) is 0. The van der Waals surface area contributed by atoms with Crippen LogP contribution in [0.2, 0.25) is 0 Å². The average molecular weight is 294 g/mol. The quantitative estimate of drug-likeness (QED) is 0.513. The van der Waals surface area contributed by atoms with Crippen LogP contribution in [0.4, 0.5) is 0 Å². The molecule has 0 amide bonds. The Hall–Kier alpha value is -2.30. The molecule has 1 aromatic rings. The summed E-state index contributed by atoms with van der Waals surface area (Å²) >= 11 is 0. The summed E-state index contributed by atoms with van der Waals surface area (Å²) in [5, 5.41) is 8.25. The Bertz CT molecular complexity index is 445. The van der Waals surface area contributed by atoms with Crippen LogP contribution in [0.5, 0.6) is 5.75 Å². The standard InChI is InChI=1S/C11H12O3.C5H10O2/c1-2-11(12)14-9-8-13-10-6-4-3-5-7-10;1-5(2,3)4(6)7/h2-7H,1,8-9H2;1-3H3,(H,6,7). The van der Waals surface area contributed by atoms with Crippen molar-refractivity contribution >= 4 is 11.9 Å². The topological polar surface area (TPSA) is 72.8 Å². The zero-order valence-electron chi connectivity index (χ0n) is 12.7. The van der Waals surface area contributed by atoms with Crippen molar-refractivity contribution in [1.82, 2.24) is 0 Å². The SMILES string of the molecule is C=CC(=O)OCCOc1ccccc1.CC(C)(C)C(=O)O. The second-order valence-corrected chi connectivity index (χ2v) is 5.09. The molecule has 5 nitrogen and oxygen atoms in total. The van der Waals surface area contributed by atoms with Gasteiger partial charge in [0.2, 0.25) is 0 Å². The smallest absolute Gasteiger partial charge is 0.330 e. The lowest BCUT2D eigenvalue weighted by molar-refractivity contribution is -0.145. The molecule has 0 atom stereocenters. The summed E-state index contributed by atoms with van der Waals surface area (Å²) in [6.45, 7) is 8.85. The fourth-order valence-corrected chi connectivity index (χ4v) is 0.877. The molecule has 0 aliphatic rings. The number of ether oxygens (including phenoxy) is 2. The number of carbonyl (C=O) groups is 2. The molecule has 21 heavy (non-hydrogen) atoms. The summed E-state index contributed by atoms with van der Waals surface area (Å²) in [4.78, 5) is 20.6. The van der Waals surface area contributed by atoms with Crippen LogP contribution in [-0.4, -0.2) is 30.3 Å². The van der Waals surface area contributed by atoms with Crippen molar-refractivity contribution in [3.8, 4) is 5.75 Å². The zero-order chi connectivity index (χ0) is 16.3. The third kappa shape index (κ3) is 10.2. The Morgan fingerprint density at radius 2 is 1.71 bits per heavy atom. The van der Waals surface area contributed by atoms with E-state index < -0.39 is 17.4 Å². The van der Waals surface area contributed by atoms with E-state index in [4.69, 9.17) is 14.6 Å². The Morgan fingerprint density at radius 3 is 2.14 bits per heavy atom. The van der Waals surface area contributed by atoms with Gasteiger partial charge in [0.1, 0.15) is 19.0 Å². The lowest BCUT2D eigenvalue weighted by Crippen LogP contribution is -2.18.